The number of aliphatic hydroxyl groups is 2. The number of carbonyl (C=O) groups is 7. The molecule has 0 aromatic carbocycles. The molecule has 0 saturated carbocycles. The molecule has 111 heavy (non-hydrogen) atoms. The zero-order valence-corrected chi connectivity index (χ0v) is 71.1. The number of phosphoric acid groups is 2. The zero-order valence-electron chi connectivity index (χ0n) is 69.3. The van der Waals surface area contributed by atoms with Gasteiger partial charge in [-0.05, 0) is 258 Å². The summed E-state index contributed by atoms with van der Waals surface area (Å²) in [7, 11) is -11.7. The van der Waals surface area contributed by atoms with Crippen molar-refractivity contribution in [1.82, 2.24) is 26.6 Å². The molecule has 5 amide bonds. The third-order valence-electron chi connectivity index (χ3n) is 18.8. The number of unbranched alkanes of at least 4 members (excludes halogenated alkanes) is 1. The fourth-order valence-electron chi connectivity index (χ4n) is 11.7. The van der Waals surface area contributed by atoms with Crippen LogP contribution in [0.3, 0.4) is 0 Å². The summed E-state index contributed by atoms with van der Waals surface area (Å²) in [5, 5.41) is 55.8. The molecule has 0 spiro atoms. The van der Waals surface area contributed by atoms with Crippen molar-refractivity contribution in [2.75, 3.05) is 19.8 Å². The van der Waals surface area contributed by atoms with Gasteiger partial charge in [0.25, 0.3) is 15.6 Å². The highest BCUT2D eigenvalue weighted by molar-refractivity contribution is 7.59. The molecule has 630 valence electrons. The number of aliphatic carboxylic acids is 2. The molecule has 26 nitrogen and oxygen atoms in total. The van der Waals surface area contributed by atoms with E-state index in [9.17, 15) is 72.9 Å². The van der Waals surface area contributed by atoms with Crippen LogP contribution in [-0.4, -0.2) is 132 Å². The predicted octanol–water partition coefficient (Wildman–Crippen LogP) is 10.2. The van der Waals surface area contributed by atoms with Crippen molar-refractivity contribution in [3.05, 3.63) is 128 Å². The summed E-state index contributed by atoms with van der Waals surface area (Å²) in [4.78, 5) is 114. The van der Waals surface area contributed by atoms with Crippen LogP contribution < -0.4 is 52.3 Å². The first-order chi connectivity index (χ1) is 52.2. The topological polar surface area (TPSA) is 420 Å². The van der Waals surface area contributed by atoms with Crippen molar-refractivity contribution in [2.45, 2.75) is 332 Å². The summed E-state index contributed by atoms with van der Waals surface area (Å²) in [6.07, 6.45) is 35.7. The van der Waals surface area contributed by atoms with E-state index in [0.29, 0.717) is 32.2 Å². The number of allylic oxidation sites excluding steroid dienone is 21. The van der Waals surface area contributed by atoms with E-state index in [-0.39, 0.29) is 6.42 Å². The van der Waals surface area contributed by atoms with Crippen LogP contribution in [0, 0.1) is 0 Å². The Kier molecular flexibility index (Phi) is 52.3. The summed E-state index contributed by atoms with van der Waals surface area (Å²) < 4.78 is 51.3. The lowest BCUT2D eigenvalue weighted by Gasteiger charge is -2.46. The van der Waals surface area contributed by atoms with Gasteiger partial charge in [-0.1, -0.05) is 128 Å². The van der Waals surface area contributed by atoms with E-state index >= 15 is 0 Å². The van der Waals surface area contributed by atoms with Gasteiger partial charge in [0.1, 0.15) is 42.5 Å². The van der Waals surface area contributed by atoms with E-state index in [1.165, 1.54) is 61.8 Å². The maximum absolute atomic E-state index is 13.4. The second-order valence-corrected chi connectivity index (χ2v) is 32.8. The van der Waals surface area contributed by atoms with Gasteiger partial charge in [0, 0.05) is 13.3 Å². The number of rotatable bonds is 57. The number of carboxylic acids is 2. The highest BCUT2D eigenvalue weighted by atomic mass is 31.3. The van der Waals surface area contributed by atoms with Crippen molar-refractivity contribution in [1.29, 1.82) is 0 Å². The second kappa shape index (κ2) is 56.7. The van der Waals surface area contributed by atoms with Gasteiger partial charge in [-0.25, -0.2) is 4.31 Å². The molecule has 0 radical (unpaired) electrons. The van der Waals surface area contributed by atoms with Crippen molar-refractivity contribution in [3.8, 4) is 0 Å². The smallest absolute Gasteiger partial charge is 0.276 e. The van der Waals surface area contributed by atoms with Gasteiger partial charge >= 0.3 is 0 Å². The molecular weight excluding hydrogens is 1460 g/mol. The van der Waals surface area contributed by atoms with Crippen molar-refractivity contribution >= 4 is 57.1 Å². The Morgan fingerprint density at radius 2 is 0.865 bits per heavy atom. The van der Waals surface area contributed by atoms with Crippen molar-refractivity contribution in [3.63, 3.8) is 0 Å². The lowest BCUT2D eigenvalue weighted by molar-refractivity contribution is -0.368. The van der Waals surface area contributed by atoms with E-state index in [4.69, 9.17) is 18.5 Å². The molecule has 0 aromatic rings. The van der Waals surface area contributed by atoms with Gasteiger partial charge in [0.05, 0.1) is 43.8 Å². The third kappa shape index (κ3) is 49.0. The number of carbonyl (C=O) groups excluding carboxylic acids is 7. The number of quaternary nitrogens is 1. The number of amides is 5. The summed E-state index contributed by atoms with van der Waals surface area (Å²) in [6.45, 7) is 29.3. The average molecular weight is 1600 g/mol. The van der Waals surface area contributed by atoms with Crippen LogP contribution in [0.1, 0.15) is 271 Å². The molecule has 12 atom stereocenters. The Morgan fingerprint density at radius 3 is 1.23 bits per heavy atom. The number of ether oxygens (including phenoxy) is 2. The molecule has 10 N–H and O–H groups in total. The molecule has 2 unspecified atom stereocenters. The summed E-state index contributed by atoms with van der Waals surface area (Å²) in [6, 6.07) is -7.81. The average Bonchev–Trinajstić information content (AvgIpc) is 0.783. The maximum atomic E-state index is 13.4. The monoisotopic (exact) mass is 1600 g/mol. The zero-order chi connectivity index (χ0) is 83.8. The van der Waals surface area contributed by atoms with Crippen molar-refractivity contribution in [2.24, 2.45) is 0 Å². The molecule has 0 bridgehead atoms. The van der Waals surface area contributed by atoms with Gasteiger partial charge < -0.3 is 86.1 Å². The number of carboxylic acid groups (broad SMARTS) is 2. The Morgan fingerprint density at radius 1 is 0.477 bits per heavy atom. The minimum Gasteiger partial charge on any atom is -0.756 e. The van der Waals surface area contributed by atoms with E-state index < -0.39 is 144 Å². The van der Waals surface area contributed by atoms with Gasteiger partial charge in [-0.3, -0.25) is 37.6 Å². The molecule has 0 aromatic heterocycles. The van der Waals surface area contributed by atoms with Crippen LogP contribution in [0.5, 0.6) is 0 Å². The minimum atomic E-state index is -6.04. The van der Waals surface area contributed by atoms with Crippen LogP contribution in [-0.2, 0) is 65.5 Å². The largest absolute Gasteiger partial charge is 0.756 e. The summed E-state index contributed by atoms with van der Waals surface area (Å²) in [5.74, 6) is -8.14. The van der Waals surface area contributed by atoms with Crippen LogP contribution in [0.25, 0.3) is 0 Å². The molecule has 1 aliphatic heterocycles. The van der Waals surface area contributed by atoms with E-state index in [2.05, 4.69) is 167 Å². The van der Waals surface area contributed by atoms with Gasteiger partial charge in [0.15, 0.2) is 6.29 Å². The van der Waals surface area contributed by atoms with Crippen LogP contribution >= 0.6 is 15.6 Å². The normalized spacial score (nSPS) is 19.9. The molecule has 0 aliphatic carbocycles. The third-order valence-corrected chi connectivity index (χ3v) is 21.3. The minimum absolute atomic E-state index is 0.0931. The quantitative estimate of drug-likeness (QED) is 0.0159. The fourth-order valence-corrected chi connectivity index (χ4v) is 13.8. The first-order valence-corrected chi connectivity index (χ1v) is 42.2. The van der Waals surface area contributed by atoms with E-state index in [1.54, 1.807) is 6.92 Å². The fraction of sp³-hybridized carbons (Fsp3) is 0.651. The molecule has 1 aliphatic rings. The number of aliphatic hydroxyl groups excluding tert-OH is 2. The Balaban J connectivity index is 2.66. The summed E-state index contributed by atoms with van der Waals surface area (Å²) in [5.41, 5.74) is 18.6. The van der Waals surface area contributed by atoms with Gasteiger partial charge in [-0.15, -0.1) is 0 Å². The maximum Gasteiger partial charge on any atom is 0.276 e. The Hall–Kier alpha value is -6.51. The standard InChI is InChI=1S/C83H138N6O20P2/c1-56(2)29-19-30-57(3)31-20-32-58(4)33-21-34-59(5)35-22-36-60(6)37-23-38-61(7)39-24-40-62(8)41-25-42-63(9)43-26-44-64(10)45-27-46-65(11)47-28-48-66(12)52-54-105-110(101,102)109-111(103,104)108-83-75(87-70(16)91)77(76(93)73(55-90)107-83)106-69(15)79(95)85-67(13)78(94)89-72(82(99)100)50-51-74(92)88-71(49-17-18-53-84)80(96)86-68(14)81(97)98/h29,31,33,35,37,39,41,43,45,47,52,67-69,71-73,75-77,83,90,93H,17-28,30,32,34,36,38,40,42,44,46,48-51,53-55,84H2,1-16H3,(H,85,95)(H,86,96)(H,87,91)(H,88,92)(H,89,94)(H,97,98)(H,99,100)(H,101,102)(H,103,104)/p-3/b57-31+,58-33+,59-35-,60-37-,61-39-,62-41-,63-43-,64-45-,65-47-,66-52-/t67-,68+,69+,71-,72+,73+,75+,76+,77+,83+/m0/s1. The highest BCUT2D eigenvalue weighted by Gasteiger charge is 2.49. The molecule has 1 heterocycles. The Bertz CT molecular complexity index is 3400. The lowest BCUT2D eigenvalue weighted by atomic mass is 9.96. The van der Waals surface area contributed by atoms with Gasteiger partial charge in [0.2, 0.25) is 29.5 Å². The van der Waals surface area contributed by atoms with Gasteiger partial charge in [-0.2, -0.15) is 0 Å². The summed E-state index contributed by atoms with van der Waals surface area (Å²) >= 11 is 0. The highest BCUT2D eigenvalue weighted by Crippen LogP contribution is 2.57. The number of hydrogen-bond acceptors (Lipinski definition) is 20. The van der Waals surface area contributed by atoms with Crippen LogP contribution in [0.2, 0.25) is 0 Å². The second-order valence-electron chi connectivity index (χ2n) is 29.9. The van der Waals surface area contributed by atoms with E-state index in [1.807, 2.05) is 6.92 Å². The SMILES string of the molecule is CC(=O)N[C@H]1[C@@H](OP(=O)([O-])OP(=O)([O-])OC/C=C(/C)CC/C=C(/C)CC/C=C(/C)CC/C=C(/C)CC/C=C(/C)CC/C=C(/C)CC/C=C(/C)CC/C=C(/C)CC/C=C(\C)CC/C=C(\C)CCC=C(C)C)O[C@H](CO)[C@@H](O)[C@@H]1O[C@H](C)C(=O)N[C@@H](C)C(=O)N[C@H](CCC(=O)N[C@@H](CCCC[NH3+])C(=O)N[C@H](C)C(=O)[O-])C(=O)[O-]. The molecule has 1 saturated heterocycles. The van der Waals surface area contributed by atoms with E-state index in [0.717, 1.165) is 149 Å². The number of phosphoric ester groups is 2. The molecule has 1 rings (SSSR count). The lowest BCUT2D eigenvalue weighted by Crippen LogP contribution is -2.66. The predicted molar refractivity (Wildman–Crippen MR) is 426 cm³/mol. The molecular formula is C83H135N6O20P2-3. The molecule has 28 heteroatoms. The number of nitrogens with one attached hydrogen (secondary N) is 5. The number of hydrogen-bond donors (Lipinski definition) is 8. The molecule has 1 fully saturated rings. The Labute approximate surface area is 662 Å². The first kappa shape index (κ1) is 102. The van der Waals surface area contributed by atoms with Crippen molar-refractivity contribution < 1.29 is 101 Å². The van der Waals surface area contributed by atoms with Crippen LogP contribution in [0.15, 0.2) is 128 Å². The first-order valence-electron chi connectivity index (χ1n) is 39.3. The van der Waals surface area contributed by atoms with Crippen LogP contribution in [0.4, 0.5) is 0 Å².